The molecule has 0 bridgehead atoms. The van der Waals surface area contributed by atoms with Gasteiger partial charge in [-0.05, 0) is 70.7 Å². The highest BCUT2D eigenvalue weighted by atomic mass is 19.4. The van der Waals surface area contributed by atoms with E-state index in [4.69, 9.17) is 9.15 Å². The molecule has 11 nitrogen and oxygen atoms in total. The minimum Gasteiger partial charge on any atom is -0.444 e. The molecule has 1 unspecified atom stereocenters. The number of benzene rings is 1. The molecule has 2 rings (SSSR count). The Hall–Kier alpha value is -4.10. The Labute approximate surface area is 221 Å². The van der Waals surface area contributed by atoms with E-state index in [0.717, 1.165) is 0 Å². The lowest BCUT2D eigenvalue weighted by atomic mass is 10.1. The highest BCUT2D eigenvalue weighted by molar-refractivity contribution is 5.99. The molecule has 0 saturated heterocycles. The number of alkyl halides is 3. The molecule has 39 heavy (non-hydrogen) atoms. The Kier molecular flexibility index (Phi) is 10.5. The van der Waals surface area contributed by atoms with Crippen LogP contribution in [-0.4, -0.2) is 54.7 Å². The summed E-state index contributed by atoms with van der Waals surface area (Å²) in [5.74, 6) is -3.41. The van der Waals surface area contributed by atoms with Crippen LogP contribution in [0, 0.1) is 6.92 Å². The van der Waals surface area contributed by atoms with Gasteiger partial charge in [-0.1, -0.05) is 0 Å². The van der Waals surface area contributed by atoms with Crippen LogP contribution < -0.4 is 26.9 Å². The van der Waals surface area contributed by atoms with Crippen molar-refractivity contribution in [3.05, 3.63) is 40.2 Å². The molecule has 1 heterocycles. The Morgan fingerprint density at radius 2 is 1.72 bits per heavy atom. The molecule has 0 spiro atoms. The second-order valence-corrected chi connectivity index (χ2v) is 9.67. The molecule has 14 heteroatoms. The van der Waals surface area contributed by atoms with E-state index in [-0.39, 0.29) is 25.8 Å². The summed E-state index contributed by atoms with van der Waals surface area (Å²) in [5.41, 5.74) is -0.0297. The molecular formula is C25H31F3N4O7. The predicted octanol–water partition coefficient (Wildman–Crippen LogP) is 2.90. The van der Waals surface area contributed by atoms with Crippen molar-refractivity contribution in [2.24, 2.45) is 0 Å². The summed E-state index contributed by atoms with van der Waals surface area (Å²) < 4.78 is 47.2. The maximum Gasteiger partial charge on any atom is 0.471 e. The largest absolute Gasteiger partial charge is 0.471 e. The standard InChI is InChI=1S/C25H31F3N4O7/c1-14-11-20(34)38-18-9-8-15(12-16(14)18)31-21(35)17(7-5-6-10-29-22(36)25(26,27)28)32-19(33)13-30-23(37)39-24(2,3)4/h8-9,11-12,17H,5-7,10,13H2,1-4H3,(H,29,36)(H,30,37)(H,31,35)(H,32,33). The second kappa shape index (κ2) is 13.1. The molecule has 0 radical (unpaired) electrons. The molecule has 2 aromatic rings. The number of amides is 4. The maximum absolute atomic E-state index is 13.0. The fourth-order valence-electron chi connectivity index (χ4n) is 3.38. The van der Waals surface area contributed by atoms with Crippen LogP contribution in [0.1, 0.15) is 45.6 Å². The molecule has 0 aliphatic heterocycles. The topological polar surface area (TPSA) is 156 Å². The van der Waals surface area contributed by atoms with E-state index in [1.165, 1.54) is 18.2 Å². The first-order chi connectivity index (χ1) is 18.0. The Morgan fingerprint density at radius 3 is 2.36 bits per heavy atom. The van der Waals surface area contributed by atoms with Gasteiger partial charge in [0.25, 0.3) is 0 Å². The van der Waals surface area contributed by atoms with Crippen molar-refractivity contribution in [1.29, 1.82) is 0 Å². The molecule has 214 valence electrons. The Bertz CT molecular complexity index is 1270. The quantitative estimate of drug-likeness (QED) is 0.259. The number of fused-ring (bicyclic) bond motifs is 1. The predicted molar refractivity (Wildman–Crippen MR) is 135 cm³/mol. The van der Waals surface area contributed by atoms with E-state index in [2.05, 4.69) is 16.0 Å². The van der Waals surface area contributed by atoms with Gasteiger partial charge in [0, 0.05) is 23.7 Å². The van der Waals surface area contributed by atoms with Crippen molar-refractivity contribution >= 4 is 40.5 Å². The summed E-state index contributed by atoms with van der Waals surface area (Å²) in [7, 11) is 0. The van der Waals surface area contributed by atoms with Crippen molar-refractivity contribution in [1.82, 2.24) is 16.0 Å². The average molecular weight is 557 g/mol. The number of carbonyl (C=O) groups is 4. The molecule has 1 atom stereocenters. The van der Waals surface area contributed by atoms with Gasteiger partial charge in [0.1, 0.15) is 23.8 Å². The smallest absolute Gasteiger partial charge is 0.444 e. The number of nitrogens with one attached hydrogen (secondary N) is 4. The zero-order valence-electron chi connectivity index (χ0n) is 21.9. The Morgan fingerprint density at radius 1 is 1.03 bits per heavy atom. The molecule has 4 amide bonds. The molecule has 0 aliphatic rings. The van der Waals surface area contributed by atoms with E-state index in [0.29, 0.717) is 22.2 Å². The van der Waals surface area contributed by atoms with E-state index >= 15 is 0 Å². The molecule has 1 aromatic heterocycles. The minimum absolute atomic E-state index is 0.0212. The fraction of sp³-hybridized carbons (Fsp3) is 0.480. The normalized spacial score (nSPS) is 12.4. The van der Waals surface area contributed by atoms with E-state index in [9.17, 15) is 37.1 Å². The molecule has 1 aromatic carbocycles. The van der Waals surface area contributed by atoms with Crippen LogP contribution in [0.2, 0.25) is 0 Å². The summed E-state index contributed by atoms with van der Waals surface area (Å²) >= 11 is 0. The number of aryl methyl sites for hydroxylation is 1. The number of carbonyl (C=O) groups excluding carboxylic acids is 4. The summed E-state index contributed by atoms with van der Waals surface area (Å²) in [6.45, 7) is 5.86. The van der Waals surface area contributed by atoms with E-state index < -0.39 is 53.8 Å². The number of unbranched alkanes of at least 4 members (excludes halogenated alkanes) is 1. The van der Waals surface area contributed by atoms with Crippen LogP contribution in [0.15, 0.2) is 33.5 Å². The number of alkyl carbamates (subject to hydrolysis) is 1. The molecule has 0 fully saturated rings. The molecular weight excluding hydrogens is 525 g/mol. The SMILES string of the molecule is Cc1cc(=O)oc2ccc(NC(=O)C(CCCCNC(=O)C(F)(F)F)NC(=O)CNC(=O)OC(C)(C)C)cc12. The zero-order chi connectivity index (χ0) is 29.4. The van der Waals surface area contributed by atoms with Crippen molar-refractivity contribution in [2.75, 3.05) is 18.4 Å². The number of hydrogen-bond donors (Lipinski definition) is 4. The minimum atomic E-state index is -5.00. The van der Waals surface area contributed by atoms with Gasteiger partial charge in [-0.3, -0.25) is 14.4 Å². The average Bonchev–Trinajstić information content (AvgIpc) is 2.80. The van der Waals surface area contributed by atoms with Gasteiger partial charge in [-0.2, -0.15) is 13.2 Å². The van der Waals surface area contributed by atoms with Crippen LogP contribution in [0.4, 0.5) is 23.7 Å². The summed E-state index contributed by atoms with van der Waals surface area (Å²) in [5, 5.41) is 9.73. The van der Waals surface area contributed by atoms with Gasteiger partial charge in [-0.25, -0.2) is 9.59 Å². The van der Waals surface area contributed by atoms with Crippen LogP contribution in [0.3, 0.4) is 0 Å². The number of hydrogen-bond acceptors (Lipinski definition) is 7. The van der Waals surface area contributed by atoms with Gasteiger partial charge in [-0.15, -0.1) is 0 Å². The van der Waals surface area contributed by atoms with Crippen molar-refractivity contribution < 1.29 is 41.5 Å². The summed E-state index contributed by atoms with van der Waals surface area (Å²) in [6, 6.07) is 4.76. The third-order valence-corrected chi connectivity index (χ3v) is 5.12. The summed E-state index contributed by atoms with van der Waals surface area (Å²) in [4.78, 5) is 59.8. The lowest BCUT2D eigenvalue weighted by molar-refractivity contribution is -0.173. The highest BCUT2D eigenvalue weighted by Gasteiger charge is 2.38. The lowest BCUT2D eigenvalue weighted by Crippen LogP contribution is -2.48. The first kappa shape index (κ1) is 31.1. The Balaban J connectivity index is 2.06. The van der Waals surface area contributed by atoms with Gasteiger partial charge >= 0.3 is 23.8 Å². The maximum atomic E-state index is 13.0. The van der Waals surface area contributed by atoms with Gasteiger partial charge in [0.05, 0.1) is 0 Å². The van der Waals surface area contributed by atoms with Crippen molar-refractivity contribution in [3.63, 3.8) is 0 Å². The van der Waals surface area contributed by atoms with Crippen molar-refractivity contribution in [3.8, 4) is 0 Å². The van der Waals surface area contributed by atoms with Crippen LogP contribution in [0.5, 0.6) is 0 Å². The number of rotatable bonds is 10. The van der Waals surface area contributed by atoms with Crippen LogP contribution >= 0.6 is 0 Å². The highest BCUT2D eigenvalue weighted by Crippen LogP contribution is 2.21. The van der Waals surface area contributed by atoms with Gasteiger partial charge in [0.2, 0.25) is 11.8 Å². The first-order valence-electron chi connectivity index (χ1n) is 12.0. The number of halogens is 3. The van der Waals surface area contributed by atoms with E-state index in [1.54, 1.807) is 39.1 Å². The molecule has 0 saturated carbocycles. The molecule has 0 aliphatic carbocycles. The fourth-order valence-corrected chi connectivity index (χ4v) is 3.38. The summed E-state index contributed by atoms with van der Waals surface area (Å²) in [6.07, 6.45) is -5.53. The third-order valence-electron chi connectivity index (χ3n) is 5.12. The second-order valence-electron chi connectivity index (χ2n) is 9.67. The zero-order valence-corrected chi connectivity index (χ0v) is 21.9. The first-order valence-corrected chi connectivity index (χ1v) is 12.0. The molecule has 4 N–H and O–H groups in total. The number of anilines is 1. The monoisotopic (exact) mass is 556 g/mol. The number of ether oxygens (including phenoxy) is 1. The third kappa shape index (κ3) is 10.7. The van der Waals surface area contributed by atoms with Crippen LogP contribution in [0.25, 0.3) is 11.0 Å². The van der Waals surface area contributed by atoms with Gasteiger partial charge < -0.3 is 30.4 Å². The van der Waals surface area contributed by atoms with E-state index in [1.807, 2.05) is 0 Å². The van der Waals surface area contributed by atoms with Gasteiger partial charge in [0.15, 0.2) is 0 Å². The lowest BCUT2D eigenvalue weighted by Gasteiger charge is -2.21. The van der Waals surface area contributed by atoms with Crippen molar-refractivity contribution in [2.45, 2.75) is 64.8 Å². The van der Waals surface area contributed by atoms with Crippen LogP contribution in [-0.2, 0) is 19.1 Å².